The molecule has 9 nitrogen and oxygen atoms in total. The molecule has 0 heterocycles. The van der Waals surface area contributed by atoms with Crippen LogP contribution in [-0.4, -0.2) is 46.9 Å². The smallest absolute Gasteiger partial charge is 0.325 e. The van der Waals surface area contributed by atoms with Crippen molar-refractivity contribution in [3.63, 3.8) is 0 Å². The van der Waals surface area contributed by atoms with Crippen molar-refractivity contribution in [1.29, 1.82) is 0 Å². The van der Waals surface area contributed by atoms with Crippen LogP contribution in [0.4, 0.5) is 0 Å². The Morgan fingerprint density at radius 2 is 1.59 bits per heavy atom. The molecular formula is C13H24N4O5. The van der Waals surface area contributed by atoms with E-state index in [0.29, 0.717) is 6.42 Å². The van der Waals surface area contributed by atoms with Gasteiger partial charge in [-0.3, -0.25) is 19.2 Å². The molecule has 0 aliphatic heterocycles. The van der Waals surface area contributed by atoms with E-state index in [9.17, 15) is 19.2 Å². The summed E-state index contributed by atoms with van der Waals surface area (Å²) in [6.45, 7) is 5.03. The maximum atomic E-state index is 11.9. The molecule has 126 valence electrons. The van der Waals surface area contributed by atoms with Crippen LogP contribution in [0.25, 0.3) is 0 Å². The molecule has 0 radical (unpaired) electrons. The first-order chi connectivity index (χ1) is 10.0. The first kappa shape index (κ1) is 19.8. The summed E-state index contributed by atoms with van der Waals surface area (Å²) in [7, 11) is 0. The van der Waals surface area contributed by atoms with E-state index in [1.54, 1.807) is 0 Å². The van der Waals surface area contributed by atoms with E-state index < -0.39 is 48.2 Å². The molecule has 0 aromatic rings. The van der Waals surface area contributed by atoms with Gasteiger partial charge in [-0.1, -0.05) is 13.8 Å². The number of primary amides is 1. The van der Waals surface area contributed by atoms with Gasteiger partial charge in [0.1, 0.15) is 12.1 Å². The second kappa shape index (κ2) is 8.98. The summed E-state index contributed by atoms with van der Waals surface area (Å²) in [5, 5.41) is 13.2. The first-order valence-electron chi connectivity index (χ1n) is 6.92. The van der Waals surface area contributed by atoms with E-state index in [-0.39, 0.29) is 5.92 Å². The van der Waals surface area contributed by atoms with Crippen molar-refractivity contribution in [2.75, 3.05) is 0 Å². The molecule has 3 amide bonds. The number of carbonyl (C=O) groups is 4. The number of nitrogens with one attached hydrogen (secondary N) is 2. The fourth-order valence-corrected chi connectivity index (χ4v) is 1.68. The molecule has 0 saturated carbocycles. The molecular weight excluding hydrogens is 292 g/mol. The highest BCUT2D eigenvalue weighted by molar-refractivity contribution is 5.94. The third-order valence-corrected chi connectivity index (χ3v) is 2.83. The molecule has 0 aliphatic rings. The number of rotatable bonds is 9. The van der Waals surface area contributed by atoms with E-state index in [4.69, 9.17) is 16.6 Å². The van der Waals surface area contributed by atoms with Crippen molar-refractivity contribution in [1.82, 2.24) is 10.6 Å². The Kier molecular flexibility index (Phi) is 8.10. The van der Waals surface area contributed by atoms with Gasteiger partial charge in [-0.15, -0.1) is 0 Å². The van der Waals surface area contributed by atoms with Gasteiger partial charge in [-0.05, 0) is 19.3 Å². The van der Waals surface area contributed by atoms with Crippen LogP contribution in [0.3, 0.4) is 0 Å². The molecule has 9 heteroatoms. The zero-order valence-corrected chi connectivity index (χ0v) is 13.0. The summed E-state index contributed by atoms with van der Waals surface area (Å²) in [4.78, 5) is 45.6. The van der Waals surface area contributed by atoms with Crippen LogP contribution in [-0.2, 0) is 19.2 Å². The topological polar surface area (TPSA) is 165 Å². The lowest BCUT2D eigenvalue weighted by Gasteiger charge is -2.21. The van der Waals surface area contributed by atoms with Gasteiger partial charge in [-0.25, -0.2) is 0 Å². The molecule has 0 unspecified atom stereocenters. The van der Waals surface area contributed by atoms with Gasteiger partial charge in [0, 0.05) is 0 Å². The highest BCUT2D eigenvalue weighted by Crippen LogP contribution is 2.03. The minimum absolute atomic E-state index is 0.177. The van der Waals surface area contributed by atoms with Crippen LogP contribution in [0.2, 0.25) is 0 Å². The summed E-state index contributed by atoms with van der Waals surface area (Å²) in [5.74, 6) is -3.28. The summed E-state index contributed by atoms with van der Waals surface area (Å²) in [5.41, 5.74) is 10.7. The van der Waals surface area contributed by atoms with Gasteiger partial charge in [0.25, 0.3) is 0 Å². The minimum Gasteiger partial charge on any atom is -0.480 e. The predicted molar refractivity (Wildman–Crippen MR) is 78.4 cm³/mol. The Hall–Kier alpha value is -2.16. The summed E-state index contributed by atoms with van der Waals surface area (Å²) < 4.78 is 0. The van der Waals surface area contributed by atoms with Crippen LogP contribution in [0, 0.1) is 5.92 Å². The number of aliphatic carboxylic acids is 1. The molecule has 0 saturated heterocycles. The molecule has 22 heavy (non-hydrogen) atoms. The molecule has 0 aliphatic carbocycles. The van der Waals surface area contributed by atoms with Crippen molar-refractivity contribution in [3.8, 4) is 0 Å². The normalized spacial score (nSPS) is 14.8. The van der Waals surface area contributed by atoms with Crippen molar-refractivity contribution < 1.29 is 24.3 Å². The third kappa shape index (κ3) is 7.58. The molecule has 0 aromatic heterocycles. The molecule has 0 rings (SSSR count). The van der Waals surface area contributed by atoms with Crippen LogP contribution < -0.4 is 22.1 Å². The van der Waals surface area contributed by atoms with E-state index in [2.05, 4.69) is 10.6 Å². The van der Waals surface area contributed by atoms with E-state index in [0.717, 1.165) is 0 Å². The standard InChI is InChI=1S/C13H24N4O5/c1-6(2)4-8(14)11(19)17-9(5-10(15)18)12(20)16-7(3)13(21)22/h6-9H,4-5,14H2,1-3H3,(H2,15,18)(H,16,20)(H,17,19)(H,21,22)/t7-,8-,9-/m0/s1. The number of nitrogens with two attached hydrogens (primary N) is 2. The van der Waals surface area contributed by atoms with Crippen molar-refractivity contribution in [2.24, 2.45) is 17.4 Å². The Morgan fingerprint density at radius 3 is 2.00 bits per heavy atom. The number of hydrogen-bond donors (Lipinski definition) is 5. The number of carboxylic acid groups (broad SMARTS) is 1. The SMILES string of the molecule is CC(C)C[C@H](N)C(=O)N[C@@H](CC(N)=O)C(=O)N[C@@H](C)C(=O)O. The number of carbonyl (C=O) groups excluding carboxylic acids is 3. The lowest BCUT2D eigenvalue weighted by molar-refractivity contribution is -0.141. The summed E-state index contributed by atoms with van der Waals surface area (Å²) >= 11 is 0. The molecule has 0 fully saturated rings. The van der Waals surface area contributed by atoms with Crippen LogP contribution in [0.15, 0.2) is 0 Å². The molecule has 0 bridgehead atoms. The van der Waals surface area contributed by atoms with E-state index in [1.165, 1.54) is 6.92 Å². The quantitative estimate of drug-likeness (QED) is 0.340. The van der Waals surface area contributed by atoms with Gasteiger partial charge in [0.15, 0.2) is 0 Å². The van der Waals surface area contributed by atoms with E-state index in [1.807, 2.05) is 13.8 Å². The highest BCUT2D eigenvalue weighted by Gasteiger charge is 2.27. The fraction of sp³-hybridized carbons (Fsp3) is 0.692. The van der Waals surface area contributed by atoms with Gasteiger partial charge < -0.3 is 27.2 Å². The maximum Gasteiger partial charge on any atom is 0.325 e. The highest BCUT2D eigenvalue weighted by atomic mass is 16.4. The maximum absolute atomic E-state index is 11.9. The fourth-order valence-electron chi connectivity index (χ4n) is 1.68. The van der Waals surface area contributed by atoms with Crippen LogP contribution >= 0.6 is 0 Å². The zero-order valence-electron chi connectivity index (χ0n) is 13.0. The Balaban J connectivity index is 4.83. The summed E-state index contributed by atoms with van der Waals surface area (Å²) in [6, 6.07) is -3.26. The Bertz CT molecular complexity index is 438. The monoisotopic (exact) mass is 316 g/mol. The second-order valence-electron chi connectivity index (χ2n) is 5.54. The van der Waals surface area contributed by atoms with Gasteiger partial charge in [0.2, 0.25) is 17.7 Å². The molecule has 0 aromatic carbocycles. The third-order valence-electron chi connectivity index (χ3n) is 2.83. The van der Waals surface area contributed by atoms with Gasteiger partial charge >= 0.3 is 5.97 Å². The number of carboxylic acids is 1. The van der Waals surface area contributed by atoms with Crippen molar-refractivity contribution in [2.45, 2.75) is 51.7 Å². The molecule has 7 N–H and O–H groups in total. The van der Waals surface area contributed by atoms with Gasteiger partial charge in [-0.2, -0.15) is 0 Å². The van der Waals surface area contributed by atoms with Crippen molar-refractivity contribution in [3.05, 3.63) is 0 Å². The summed E-state index contributed by atoms with van der Waals surface area (Å²) in [6.07, 6.45) is -0.0411. The van der Waals surface area contributed by atoms with Crippen LogP contribution in [0.1, 0.15) is 33.6 Å². The molecule has 3 atom stereocenters. The number of hydrogen-bond acceptors (Lipinski definition) is 5. The average Bonchev–Trinajstić information content (AvgIpc) is 2.35. The minimum atomic E-state index is -1.26. The lowest BCUT2D eigenvalue weighted by atomic mass is 10.0. The number of amides is 3. The molecule has 0 spiro atoms. The zero-order chi connectivity index (χ0) is 17.4. The largest absolute Gasteiger partial charge is 0.480 e. The lowest BCUT2D eigenvalue weighted by Crippen LogP contribution is -2.55. The van der Waals surface area contributed by atoms with Gasteiger partial charge in [0.05, 0.1) is 12.5 Å². The van der Waals surface area contributed by atoms with Crippen LogP contribution in [0.5, 0.6) is 0 Å². The predicted octanol–water partition coefficient (Wildman–Crippen LogP) is -1.69. The Morgan fingerprint density at radius 1 is 1.05 bits per heavy atom. The van der Waals surface area contributed by atoms with Crippen molar-refractivity contribution >= 4 is 23.7 Å². The average molecular weight is 316 g/mol. The second-order valence-corrected chi connectivity index (χ2v) is 5.54. The van der Waals surface area contributed by atoms with E-state index >= 15 is 0 Å². The Labute approximate surface area is 128 Å². The first-order valence-corrected chi connectivity index (χ1v) is 6.92.